The smallest absolute Gasteiger partial charge is 0.279 e. The van der Waals surface area contributed by atoms with Gasteiger partial charge in [-0.2, -0.15) is 4.98 Å². The van der Waals surface area contributed by atoms with E-state index in [1.165, 1.54) is 17.8 Å². The van der Waals surface area contributed by atoms with Gasteiger partial charge in [0.05, 0.1) is 10.9 Å². The number of hydrogen-bond donors (Lipinski definition) is 1. The van der Waals surface area contributed by atoms with Crippen molar-refractivity contribution in [3.05, 3.63) is 38.7 Å². The van der Waals surface area contributed by atoms with E-state index >= 15 is 0 Å². The number of piperidine rings is 1. The molecule has 7 heteroatoms. The number of aromatic nitrogens is 1. The van der Waals surface area contributed by atoms with Crippen molar-refractivity contribution in [2.24, 2.45) is 4.99 Å². The molecule has 1 amide bonds. The van der Waals surface area contributed by atoms with Crippen molar-refractivity contribution < 1.29 is 9.90 Å². The molecule has 0 aliphatic carbocycles. The quantitative estimate of drug-likeness (QED) is 0.900. The summed E-state index contributed by atoms with van der Waals surface area (Å²) in [6.07, 6.45) is 3.47. The first-order valence-electron chi connectivity index (χ1n) is 7.51. The van der Waals surface area contributed by atoms with Gasteiger partial charge >= 0.3 is 0 Å². The van der Waals surface area contributed by atoms with Crippen molar-refractivity contribution in [3.8, 4) is 5.88 Å². The van der Waals surface area contributed by atoms with E-state index in [0.717, 1.165) is 31.1 Å². The lowest BCUT2D eigenvalue weighted by Gasteiger charge is -2.25. The van der Waals surface area contributed by atoms with Gasteiger partial charge in [-0.05, 0) is 37.5 Å². The molecule has 1 saturated heterocycles. The summed E-state index contributed by atoms with van der Waals surface area (Å²) >= 11 is 7.38. The predicted octanol–water partition coefficient (Wildman–Crippen LogP) is 1.85. The number of carbonyl (C=O) groups excluding carboxylic acids is 1. The Kier molecular flexibility index (Phi) is 3.58. The number of aromatic hydroxyl groups is 1. The van der Waals surface area contributed by atoms with Crippen LogP contribution in [0, 0.1) is 0 Å². The second-order valence-corrected chi connectivity index (χ2v) is 7.06. The molecule has 1 aromatic heterocycles. The molecule has 2 aromatic rings. The van der Waals surface area contributed by atoms with E-state index in [1.807, 2.05) is 0 Å². The summed E-state index contributed by atoms with van der Waals surface area (Å²) in [6.45, 7) is 1.87. The normalized spacial score (nSPS) is 17.3. The number of halogens is 1. The second-order valence-electron chi connectivity index (χ2n) is 5.65. The Labute approximate surface area is 141 Å². The molecule has 0 radical (unpaired) electrons. The molecule has 3 heterocycles. The van der Waals surface area contributed by atoms with Crippen LogP contribution in [0.5, 0.6) is 5.88 Å². The maximum atomic E-state index is 12.3. The van der Waals surface area contributed by atoms with E-state index in [-0.39, 0.29) is 11.8 Å². The highest BCUT2D eigenvalue weighted by atomic mass is 35.5. The summed E-state index contributed by atoms with van der Waals surface area (Å²) in [5, 5.41) is 12.8. The number of rotatable bonds is 2. The summed E-state index contributed by atoms with van der Waals surface area (Å²) in [6, 6.07) is 5.12. The number of anilines is 1. The number of fused-ring (bicyclic) bond motifs is 1. The zero-order valence-electron chi connectivity index (χ0n) is 12.3. The fourth-order valence-corrected chi connectivity index (χ4v) is 4.23. The molecule has 23 heavy (non-hydrogen) atoms. The molecule has 0 saturated carbocycles. The summed E-state index contributed by atoms with van der Waals surface area (Å²) in [5.74, 6) is -0.464. The Balaban J connectivity index is 1.85. The highest BCUT2D eigenvalue weighted by Crippen LogP contribution is 2.36. The van der Waals surface area contributed by atoms with Crippen LogP contribution in [0.1, 0.15) is 24.1 Å². The number of thiazole rings is 1. The summed E-state index contributed by atoms with van der Waals surface area (Å²) in [4.78, 5) is 23.2. The lowest BCUT2D eigenvalue weighted by Crippen LogP contribution is -2.29. The van der Waals surface area contributed by atoms with E-state index in [4.69, 9.17) is 11.6 Å². The van der Waals surface area contributed by atoms with Crippen molar-refractivity contribution in [2.75, 3.05) is 18.0 Å². The van der Waals surface area contributed by atoms with Gasteiger partial charge in [0.25, 0.3) is 5.91 Å². The van der Waals surface area contributed by atoms with Crippen molar-refractivity contribution >= 4 is 39.5 Å². The number of amides is 1. The third kappa shape index (κ3) is 2.52. The zero-order valence-corrected chi connectivity index (χ0v) is 13.8. The van der Waals surface area contributed by atoms with Crippen LogP contribution in [0.2, 0.25) is 5.02 Å². The van der Waals surface area contributed by atoms with E-state index in [2.05, 4.69) is 14.9 Å². The Morgan fingerprint density at radius 1 is 1.22 bits per heavy atom. The molecule has 1 fully saturated rings. The molecule has 4 rings (SSSR count). The maximum absolute atomic E-state index is 12.3. The van der Waals surface area contributed by atoms with Gasteiger partial charge in [0.1, 0.15) is 4.88 Å². The molecule has 1 N–H and O–H groups in total. The monoisotopic (exact) mass is 347 g/mol. The van der Waals surface area contributed by atoms with Gasteiger partial charge in [0, 0.05) is 23.3 Å². The van der Waals surface area contributed by atoms with E-state index < -0.39 is 0 Å². The van der Waals surface area contributed by atoms with Crippen LogP contribution in [0.25, 0.3) is 5.57 Å². The van der Waals surface area contributed by atoms with Gasteiger partial charge in [0.15, 0.2) is 5.13 Å². The Morgan fingerprint density at radius 2 is 2.00 bits per heavy atom. The third-order valence-corrected chi connectivity index (χ3v) is 5.47. The molecule has 0 unspecified atom stereocenters. The number of nitrogens with zero attached hydrogens (tertiary/aromatic N) is 3. The summed E-state index contributed by atoms with van der Waals surface area (Å²) in [5.41, 5.74) is 0.390. The molecular weight excluding hydrogens is 334 g/mol. The van der Waals surface area contributed by atoms with Crippen molar-refractivity contribution in [2.45, 2.75) is 19.3 Å². The van der Waals surface area contributed by atoms with Gasteiger partial charge in [-0.25, -0.2) is 4.99 Å². The molecule has 0 spiro atoms. The lowest BCUT2D eigenvalue weighted by atomic mass is 10.1. The first-order chi connectivity index (χ1) is 11.1. The average molecular weight is 348 g/mol. The maximum Gasteiger partial charge on any atom is 0.279 e. The Hall–Kier alpha value is -1.92. The van der Waals surface area contributed by atoms with Gasteiger partial charge in [-0.1, -0.05) is 22.9 Å². The standard InChI is InChI=1S/C16H14ClN3O2S/c17-9-4-5-11-10(8-9)12(14(21)18-11)13-15(22)19-16(23-13)20-6-2-1-3-7-20/h4-5,8,22H,1-3,6-7H2. The van der Waals surface area contributed by atoms with Crippen LogP contribution in [-0.4, -0.2) is 29.1 Å². The fourth-order valence-electron chi connectivity index (χ4n) is 2.99. The van der Waals surface area contributed by atoms with Crippen molar-refractivity contribution in [1.82, 2.24) is 4.98 Å². The van der Waals surface area contributed by atoms with Crippen molar-refractivity contribution in [1.29, 1.82) is 0 Å². The number of carbonyl (C=O) groups is 1. The largest absolute Gasteiger partial charge is 0.492 e. The van der Waals surface area contributed by atoms with Gasteiger partial charge in [-0.3, -0.25) is 4.79 Å². The molecular formula is C16H14ClN3O2S. The van der Waals surface area contributed by atoms with Crippen LogP contribution in [-0.2, 0) is 4.79 Å². The fraction of sp³-hybridized carbons (Fsp3) is 0.312. The van der Waals surface area contributed by atoms with E-state index in [1.54, 1.807) is 18.2 Å². The van der Waals surface area contributed by atoms with E-state index in [9.17, 15) is 9.90 Å². The molecule has 2 aliphatic heterocycles. The minimum Gasteiger partial charge on any atom is -0.492 e. The van der Waals surface area contributed by atoms with Crippen LogP contribution in [0.3, 0.4) is 0 Å². The molecule has 118 valence electrons. The van der Waals surface area contributed by atoms with Crippen LogP contribution < -0.4 is 15.5 Å². The first-order valence-corrected chi connectivity index (χ1v) is 8.71. The second kappa shape index (κ2) is 5.62. The van der Waals surface area contributed by atoms with Crippen LogP contribution in [0.4, 0.5) is 5.13 Å². The summed E-state index contributed by atoms with van der Waals surface area (Å²) < 4.78 is 0. The van der Waals surface area contributed by atoms with Crippen molar-refractivity contribution in [3.63, 3.8) is 0 Å². The molecule has 0 atom stereocenters. The van der Waals surface area contributed by atoms with Gasteiger partial charge in [-0.15, -0.1) is 0 Å². The topological polar surface area (TPSA) is 65.8 Å². The minimum absolute atomic E-state index is 0.109. The molecule has 5 nitrogen and oxygen atoms in total. The highest BCUT2D eigenvalue weighted by Gasteiger charge is 2.26. The van der Waals surface area contributed by atoms with Crippen LogP contribution in [0.15, 0.2) is 23.2 Å². The Morgan fingerprint density at radius 3 is 2.78 bits per heavy atom. The van der Waals surface area contributed by atoms with Gasteiger partial charge in [0.2, 0.25) is 5.88 Å². The average Bonchev–Trinajstić information content (AvgIpc) is 3.07. The van der Waals surface area contributed by atoms with Crippen LogP contribution >= 0.6 is 22.9 Å². The highest BCUT2D eigenvalue weighted by molar-refractivity contribution is 7.17. The molecule has 0 bridgehead atoms. The molecule has 1 aromatic carbocycles. The van der Waals surface area contributed by atoms with E-state index in [0.29, 0.717) is 26.0 Å². The number of benzene rings is 1. The summed E-state index contributed by atoms with van der Waals surface area (Å²) in [7, 11) is 0. The molecule has 2 aliphatic rings. The zero-order chi connectivity index (χ0) is 16.0. The third-order valence-electron chi connectivity index (χ3n) is 4.12. The number of hydrogen-bond acceptors (Lipinski definition) is 5. The Bertz CT molecular complexity index is 916. The lowest BCUT2D eigenvalue weighted by molar-refractivity contribution is -0.112. The van der Waals surface area contributed by atoms with Gasteiger partial charge < -0.3 is 10.0 Å². The first kappa shape index (κ1) is 14.7. The minimum atomic E-state index is -0.355. The SMILES string of the molecule is O=C1N=c2ccc(Cl)cc2=C1c1sc(N2CCCCC2)nc1O. The predicted molar refractivity (Wildman–Crippen MR) is 89.6 cm³/mol.